The van der Waals surface area contributed by atoms with Crippen molar-refractivity contribution >= 4 is 26.8 Å². The molecule has 0 fully saturated rings. The standard InChI is InChI=1S/C12H9BrF3N/c1-6-7(2)17-10-5-8(12(14,15)16)3-4-9(10)11(6)13/h3-5H,1-2H3. The smallest absolute Gasteiger partial charge is 0.253 e. The molecule has 0 bridgehead atoms. The van der Waals surface area contributed by atoms with Crippen LogP contribution >= 0.6 is 15.9 Å². The number of hydrogen-bond donors (Lipinski definition) is 0. The lowest BCUT2D eigenvalue weighted by Crippen LogP contribution is -2.05. The van der Waals surface area contributed by atoms with Crippen molar-refractivity contribution in [2.45, 2.75) is 20.0 Å². The summed E-state index contributed by atoms with van der Waals surface area (Å²) in [6.07, 6.45) is -4.33. The van der Waals surface area contributed by atoms with Crippen LogP contribution in [-0.2, 0) is 6.18 Å². The van der Waals surface area contributed by atoms with Crippen LogP contribution in [-0.4, -0.2) is 4.98 Å². The van der Waals surface area contributed by atoms with Gasteiger partial charge in [0, 0.05) is 15.6 Å². The zero-order valence-electron chi connectivity index (χ0n) is 9.19. The van der Waals surface area contributed by atoms with E-state index in [9.17, 15) is 13.2 Å². The van der Waals surface area contributed by atoms with E-state index in [4.69, 9.17) is 0 Å². The molecule has 17 heavy (non-hydrogen) atoms. The summed E-state index contributed by atoms with van der Waals surface area (Å²) in [6.45, 7) is 3.66. The summed E-state index contributed by atoms with van der Waals surface area (Å²) in [5.74, 6) is 0. The SMILES string of the molecule is Cc1nc2cc(C(F)(F)F)ccc2c(Br)c1C. The molecule has 0 N–H and O–H groups in total. The Morgan fingerprint density at radius 1 is 1.18 bits per heavy atom. The molecule has 1 nitrogen and oxygen atoms in total. The van der Waals surface area contributed by atoms with Gasteiger partial charge in [0.15, 0.2) is 0 Å². The molecule has 2 rings (SSSR count). The van der Waals surface area contributed by atoms with E-state index in [1.807, 2.05) is 6.92 Å². The van der Waals surface area contributed by atoms with Crippen LogP contribution in [0.4, 0.5) is 13.2 Å². The van der Waals surface area contributed by atoms with E-state index in [0.717, 1.165) is 27.9 Å². The van der Waals surface area contributed by atoms with E-state index in [1.165, 1.54) is 6.07 Å². The van der Waals surface area contributed by atoms with Gasteiger partial charge in [0.2, 0.25) is 0 Å². The molecular weight excluding hydrogens is 295 g/mol. The van der Waals surface area contributed by atoms with Gasteiger partial charge in [-0.2, -0.15) is 13.2 Å². The number of rotatable bonds is 0. The molecule has 0 saturated heterocycles. The highest BCUT2D eigenvalue weighted by Gasteiger charge is 2.30. The van der Waals surface area contributed by atoms with Crippen LogP contribution in [0, 0.1) is 13.8 Å². The normalized spacial score (nSPS) is 12.1. The highest BCUT2D eigenvalue weighted by Crippen LogP contribution is 2.34. The molecule has 1 heterocycles. The van der Waals surface area contributed by atoms with Gasteiger partial charge in [0.1, 0.15) is 0 Å². The van der Waals surface area contributed by atoms with Crippen molar-refractivity contribution in [2.75, 3.05) is 0 Å². The number of hydrogen-bond acceptors (Lipinski definition) is 1. The third kappa shape index (κ3) is 2.16. The summed E-state index contributed by atoms with van der Waals surface area (Å²) in [6, 6.07) is 3.60. The van der Waals surface area contributed by atoms with Gasteiger partial charge < -0.3 is 0 Å². The highest BCUT2D eigenvalue weighted by atomic mass is 79.9. The second kappa shape index (κ2) is 3.98. The minimum Gasteiger partial charge on any atom is -0.253 e. The fourth-order valence-electron chi connectivity index (χ4n) is 1.61. The third-order valence-electron chi connectivity index (χ3n) is 2.72. The van der Waals surface area contributed by atoms with Gasteiger partial charge in [0.25, 0.3) is 0 Å². The number of halogens is 4. The fourth-order valence-corrected chi connectivity index (χ4v) is 2.23. The predicted molar refractivity (Wildman–Crippen MR) is 63.9 cm³/mol. The molecule has 1 aromatic heterocycles. The van der Waals surface area contributed by atoms with Crippen molar-refractivity contribution in [3.8, 4) is 0 Å². The summed E-state index contributed by atoms with van der Waals surface area (Å²) < 4.78 is 38.5. The molecule has 0 saturated carbocycles. The molecule has 5 heteroatoms. The maximum atomic E-state index is 12.6. The first-order chi connectivity index (χ1) is 7.80. The zero-order chi connectivity index (χ0) is 12.8. The van der Waals surface area contributed by atoms with E-state index in [2.05, 4.69) is 20.9 Å². The zero-order valence-corrected chi connectivity index (χ0v) is 10.8. The average Bonchev–Trinajstić information content (AvgIpc) is 2.24. The maximum absolute atomic E-state index is 12.6. The minimum atomic E-state index is -4.33. The number of aromatic nitrogens is 1. The summed E-state index contributed by atoms with van der Waals surface area (Å²) >= 11 is 3.39. The molecule has 0 aliphatic carbocycles. The lowest BCUT2D eigenvalue weighted by Gasteiger charge is -2.10. The summed E-state index contributed by atoms with van der Waals surface area (Å²) in [5.41, 5.74) is 1.35. The predicted octanol–water partition coefficient (Wildman–Crippen LogP) is 4.63. The minimum absolute atomic E-state index is 0.356. The first-order valence-electron chi connectivity index (χ1n) is 4.94. The topological polar surface area (TPSA) is 12.9 Å². The van der Waals surface area contributed by atoms with Crippen LogP contribution in [0.1, 0.15) is 16.8 Å². The van der Waals surface area contributed by atoms with Crippen LogP contribution in [0.15, 0.2) is 22.7 Å². The number of alkyl halides is 3. The van der Waals surface area contributed by atoms with Gasteiger partial charge in [-0.25, -0.2) is 0 Å². The lowest BCUT2D eigenvalue weighted by atomic mass is 10.1. The molecule has 0 radical (unpaired) electrons. The van der Waals surface area contributed by atoms with Gasteiger partial charge in [-0.3, -0.25) is 4.98 Å². The van der Waals surface area contributed by atoms with Crippen molar-refractivity contribution in [3.63, 3.8) is 0 Å². The number of pyridine rings is 1. The quantitative estimate of drug-likeness (QED) is 0.691. The van der Waals surface area contributed by atoms with Crippen molar-refractivity contribution in [2.24, 2.45) is 0 Å². The second-order valence-electron chi connectivity index (χ2n) is 3.87. The molecule has 2 aromatic rings. The first-order valence-corrected chi connectivity index (χ1v) is 5.73. The van der Waals surface area contributed by atoms with E-state index in [-0.39, 0.29) is 0 Å². The largest absolute Gasteiger partial charge is 0.416 e. The Kier molecular flexibility index (Phi) is 2.89. The van der Waals surface area contributed by atoms with Crippen LogP contribution in [0.2, 0.25) is 0 Å². The van der Waals surface area contributed by atoms with E-state index in [1.54, 1.807) is 6.92 Å². The Morgan fingerprint density at radius 2 is 1.82 bits per heavy atom. The van der Waals surface area contributed by atoms with Crippen molar-refractivity contribution in [3.05, 3.63) is 39.5 Å². The van der Waals surface area contributed by atoms with Crippen LogP contribution in [0.25, 0.3) is 10.9 Å². The van der Waals surface area contributed by atoms with Gasteiger partial charge in [-0.1, -0.05) is 6.07 Å². The first kappa shape index (κ1) is 12.4. The summed E-state index contributed by atoms with van der Waals surface area (Å²) in [7, 11) is 0. The molecule has 0 aliphatic rings. The molecular formula is C12H9BrF3N. The van der Waals surface area contributed by atoms with Gasteiger partial charge in [-0.05, 0) is 47.5 Å². The van der Waals surface area contributed by atoms with Crippen LogP contribution in [0.5, 0.6) is 0 Å². The van der Waals surface area contributed by atoms with Gasteiger partial charge in [-0.15, -0.1) is 0 Å². The van der Waals surface area contributed by atoms with Crippen molar-refractivity contribution < 1.29 is 13.2 Å². The van der Waals surface area contributed by atoms with Crippen molar-refractivity contribution in [1.82, 2.24) is 4.98 Å². The van der Waals surface area contributed by atoms with Gasteiger partial charge in [0.05, 0.1) is 11.1 Å². The number of fused-ring (bicyclic) bond motifs is 1. The molecule has 0 unspecified atom stereocenters. The fraction of sp³-hybridized carbons (Fsp3) is 0.250. The Labute approximate surface area is 105 Å². The maximum Gasteiger partial charge on any atom is 0.416 e. The molecule has 0 atom stereocenters. The summed E-state index contributed by atoms with van der Waals surface area (Å²) in [5, 5.41) is 0.695. The Bertz CT molecular complexity index is 590. The van der Waals surface area contributed by atoms with E-state index < -0.39 is 11.7 Å². The Hall–Kier alpha value is -1.10. The Morgan fingerprint density at radius 3 is 2.41 bits per heavy atom. The molecule has 0 aliphatic heterocycles. The molecule has 1 aromatic carbocycles. The van der Waals surface area contributed by atoms with Crippen LogP contribution in [0.3, 0.4) is 0 Å². The summed E-state index contributed by atoms with van der Waals surface area (Å²) in [4.78, 5) is 4.18. The molecule has 0 amide bonds. The average molecular weight is 304 g/mol. The molecule has 90 valence electrons. The Balaban J connectivity index is 2.76. The third-order valence-corrected chi connectivity index (χ3v) is 3.74. The van der Waals surface area contributed by atoms with Gasteiger partial charge >= 0.3 is 6.18 Å². The number of nitrogens with zero attached hydrogens (tertiary/aromatic N) is 1. The molecule has 0 spiro atoms. The monoisotopic (exact) mass is 303 g/mol. The number of aryl methyl sites for hydroxylation is 1. The van der Waals surface area contributed by atoms with E-state index in [0.29, 0.717) is 10.9 Å². The highest BCUT2D eigenvalue weighted by molar-refractivity contribution is 9.10. The lowest BCUT2D eigenvalue weighted by molar-refractivity contribution is -0.137. The second-order valence-corrected chi connectivity index (χ2v) is 4.66. The van der Waals surface area contributed by atoms with Crippen molar-refractivity contribution in [1.29, 1.82) is 0 Å². The van der Waals surface area contributed by atoms with Crippen LogP contribution < -0.4 is 0 Å². The number of benzene rings is 1. The van der Waals surface area contributed by atoms with E-state index >= 15 is 0 Å².